The highest BCUT2D eigenvalue weighted by Crippen LogP contribution is 2.31. The number of alkyl halides is 2. The number of urea groups is 1. The molecule has 0 radical (unpaired) electrons. The van der Waals surface area contributed by atoms with Crippen molar-refractivity contribution < 1.29 is 18.7 Å². The molecule has 0 spiro atoms. The van der Waals surface area contributed by atoms with Gasteiger partial charge >= 0.3 is 6.03 Å². The zero-order valence-corrected chi connectivity index (χ0v) is 12.8. The molecule has 21 heavy (non-hydrogen) atoms. The summed E-state index contributed by atoms with van der Waals surface area (Å²) in [6, 6.07) is 5.92. The van der Waals surface area contributed by atoms with Gasteiger partial charge in [-0.05, 0) is 31.9 Å². The summed E-state index contributed by atoms with van der Waals surface area (Å²) in [4.78, 5) is 12.3. The summed E-state index contributed by atoms with van der Waals surface area (Å²) in [6.07, 6.45) is 1.07. The number of anilines is 1. The number of aliphatic hydroxyl groups is 1. The van der Waals surface area contributed by atoms with Crippen molar-refractivity contribution in [2.24, 2.45) is 0 Å². The molecule has 3 N–H and O–H groups in total. The molecular weight excluding hydrogens is 298 g/mol. The predicted octanol–water partition coefficient (Wildman–Crippen LogP) is 3.67. The van der Waals surface area contributed by atoms with Crippen molar-refractivity contribution in [2.45, 2.75) is 42.9 Å². The van der Waals surface area contributed by atoms with Crippen LogP contribution >= 0.6 is 11.8 Å². The summed E-state index contributed by atoms with van der Waals surface area (Å²) < 4.78 is 24.9. The number of hydrogen-bond donors (Lipinski definition) is 3. The topological polar surface area (TPSA) is 61.4 Å². The molecule has 0 aromatic heterocycles. The van der Waals surface area contributed by atoms with Crippen LogP contribution in [0.5, 0.6) is 0 Å². The van der Waals surface area contributed by atoms with Gasteiger partial charge in [0.1, 0.15) is 0 Å². The number of nitrogens with one attached hydrogen (secondary N) is 2. The minimum Gasteiger partial charge on any atom is -0.396 e. The van der Waals surface area contributed by atoms with Crippen LogP contribution in [0, 0.1) is 0 Å². The van der Waals surface area contributed by atoms with E-state index in [-0.39, 0.29) is 6.61 Å². The van der Waals surface area contributed by atoms with E-state index in [0.29, 0.717) is 35.2 Å². The number of amides is 2. The first-order valence-corrected chi connectivity index (χ1v) is 7.52. The lowest BCUT2D eigenvalue weighted by molar-refractivity contribution is 0.208. The molecule has 4 nitrogen and oxygen atoms in total. The van der Waals surface area contributed by atoms with Crippen LogP contribution in [0.4, 0.5) is 19.3 Å². The van der Waals surface area contributed by atoms with Crippen LogP contribution in [0.25, 0.3) is 0 Å². The summed E-state index contributed by atoms with van der Waals surface area (Å²) in [5.74, 6) is -2.55. The van der Waals surface area contributed by atoms with E-state index in [1.54, 1.807) is 18.2 Å². The SMILES string of the molecule is CCC(C)(CCO)NC(=O)Nc1ccccc1SC(F)F. The molecule has 2 amide bonds. The molecule has 0 saturated carbocycles. The molecule has 0 saturated heterocycles. The van der Waals surface area contributed by atoms with Crippen LogP contribution in [0.15, 0.2) is 29.2 Å². The summed E-state index contributed by atoms with van der Waals surface area (Å²) in [7, 11) is 0. The van der Waals surface area contributed by atoms with Gasteiger partial charge in [-0.2, -0.15) is 8.78 Å². The molecule has 1 rings (SSSR count). The van der Waals surface area contributed by atoms with Gasteiger partial charge in [0, 0.05) is 17.0 Å². The van der Waals surface area contributed by atoms with Crippen molar-refractivity contribution in [3.8, 4) is 0 Å². The van der Waals surface area contributed by atoms with Crippen LogP contribution < -0.4 is 10.6 Å². The Morgan fingerprint density at radius 1 is 1.43 bits per heavy atom. The molecule has 118 valence electrons. The van der Waals surface area contributed by atoms with Gasteiger partial charge < -0.3 is 15.7 Å². The molecular formula is C14H20F2N2O2S. The average Bonchev–Trinajstić information content (AvgIpc) is 2.40. The molecule has 1 atom stereocenters. The molecule has 0 aliphatic carbocycles. The van der Waals surface area contributed by atoms with Gasteiger partial charge in [-0.15, -0.1) is 0 Å². The minimum atomic E-state index is -2.55. The van der Waals surface area contributed by atoms with E-state index in [9.17, 15) is 13.6 Å². The number of carbonyl (C=O) groups excluding carboxylic acids is 1. The van der Waals surface area contributed by atoms with Crippen LogP contribution in [-0.2, 0) is 0 Å². The van der Waals surface area contributed by atoms with Gasteiger partial charge in [0.25, 0.3) is 5.76 Å². The third kappa shape index (κ3) is 5.89. The summed E-state index contributed by atoms with van der Waals surface area (Å²) in [6.45, 7) is 3.68. The van der Waals surface area contributed by atoms with Crippen molar-refractivity contribution in [3.05, 3.63) is 24.3 Å². The number of hydrogen-bond acceptors (Lipinski definition) is 3. The molecule has 1 unspecified atom stereocenters. The Balaban J connectivity index is 2.75. The first-order valence-electron chi connectivity index (χ1n) is 6.64. The van der Waals surface area contributed by atoms with E-state index in [1.807, 2.05) is 13.8 Å². The number of rotatable bonds is 7. The summed E-state index contributed by atoms with van der Waals surface area (Å²) in [5.41, 5.74) is -0.202. The van der Waals surface area contributed by atoms with E-state index >= 15 is 0 Å². The number of carbonyl (C=O) groups is 1. The van der Waals surface area contributed by atoms with E-state index in [1.165, 1.54) is 6.07 Å². The van der Waals surface area contributed by atoms with E-state index < -0.39 is 17.3 Å². The van der Waals surface area contributed by atoms with E-state index in [0.717, 1.165) is 0 Å². The second-order valence-electron chi connectivity index (χ2n) is 4.84. The largest absolute Gasteiger partial charge is 0.396 e. The predicted molar refractivity (Wildman–Crippen MR) is 80.9 cm³/mol. The van der Waals surface area contributed by atoms with Crippen molar-refractivity contribution in [1.82, 2.24) is 5.32 Å². The number of para-hydroxylation sites is 1. The van der Waals surface area contributed by atoms with E-state index in [4.69, 9.17) is 5.11 Å². The fourth-order valence-corrected chi connectivity index (χ4v) is 2.37. The van der Waals surface area contributed by atoms with Gasteiger partial charge in [-0.3, -0.25) is 0 Å². The Bertz CT molecular complexity index is 474. The highest BCUT2D eigenvalue weighted by molar-refractivity contribution is 7.99. The Morgan fingerprint density at radius 2 is 2.10 bits per heavy atom. The lowest BCUT2D eigenvalue weighted by atomic mass is 9.95. The monoisotopic (exact) mass is 318 g/mol. The molecule has 0 heterocycles. The Labute approximate surface area is 127 Å². The molecule has 0 aliphatic heterocycles. The maximum atomic E-state index is 12.5. The average molecular weight is 318 g/mol. The number of aliphatic hydroxyl groups excluding tert-OH is 1. The highest BCUT2D eigenvalue weighted by Gasteiger charge is 2.24. The normalized spacial score (nSPS) is 13.8. The molecule has 0 fully saturated rings. The second kappa shape index (κ2) is 8.19. The third-order valence-corrected chi connectivity index (χ3v) is 4.00. The summed E-state index contributed by atoms with van der Waals surface area (Å²) >= 11 is 0.385. The Morgan fingerprint density at radius 3 is 2.67 bits per heavy atom. The molecule has 0 aliphatic rings. The Hall–Kier alpha value is -1.34. The molecule has 1 aromatic carbocycles. The van der Waals surface area contributed by atoms with E-state index in [2.05, 4.69) is 10.6 Å². The molecule has 0 bridgehead atoms. The lowest BCUT2D eigenvalue weighted by Gasteiger charge is -2.29. The van der Waals surface area contributed by atoms with Gasteiger partial charge in [-0.1, -0.05) is 30.8 Å². The highest BCUT2D eigenvalue weighted by atomic mass is 32.2. The number of thioether (sulfide) groups is 1. The third-order valence-electron chi connectivity index (χ3n) is 3.21. The van der Waals surface area contributed by atoms with Crippen LogP contribution in [0.1, 0.15) is 26.7 Å². The maximum absolute atomic E-state index is 12.5. The van der Waals surface area contributed by atoms with Crippen molar-refractivity contribution in [1.29, 1.82) is 0 Å². The quantitative estimate of drug-likeness (QED) is 0.672. The standard InChI is InChI=1S/C14H20F2N2O2S/c1-3-14(2,8-9-19)18-13(20)17-10-6-4-5-7-11(10)21-12(15)16/h4-7,12,19H,3,8-9H2,1-2H3,(H2,17,18,20). The first kappa shape index (κ1) is 17.7. The Kier molecular flexibility index (Phi) is 6.91. The van der Waals surface area contributed by atoms with Crippen LogP contribution in [0.2, 0.25) is 0 Å². The van der Waals surface area contributed by atoms with Crippen LogP contribution in [0.3, 0.4) is 0 Å². The zero-order valence-electron chi connectivity index (χ0n) is 12.0. The zero-order chi connectivity index (χ0) is 15.9. The lowest BCUT2D eigenvalue weighted by Crippen LogP contribution is -2.48. The van der Waals surface area contributed by atoms with Crippen molar-refractivity contribution in [3.63, 3.8) is 0 Å². The van der Waals surface area contributed by atoms with Gasteiger partial charge in [0.15, 0.2) is 0 Å². The minimum absolute atomic E-state index is 0.0392. The smallest absolute Gasteiger partial charge is 0.319 e. The molecule has 7 heteroatoms. The first-order chi connectivity index (χ1) is 9.90. The fourth-order valence-electron chi connectivity index (χ4n) is 1.77. The number of halogens is 2. The van der Waals surface area contributed by atoms with Gasteiger partial charge in [-0.25, -0.2) is 4.79 Å². The fraction of sp³-hybridized carbons (Fsp3) is 0.500. The van der Waals surface area contributed by atoms with Gasteiger partial charge in [0.05, 0.1) is 5.69 Å². The number of benzene rings is 1. The summed E-state index contributed by atoms with van der Waals surface area (Å²) in [5, 5.41) is 14.4. The van der Waals surface area contributed by atoms with Crippen molar-refractivity contribution in [2.75, 3.05) is 11.9 Å². The second-order valence-corrected chi connectivity index (χ2v) is 5.87. The van der Waals surface area contributed by atoms with Crippen LogP contribution in [-0.4, -0.2) is 29.0 Å². The van der Waals surface area contributed by atoms with Crippen molar-refractivity contribution >= 4 is 23.5 Å². The van der Waals surface area contributed by atoms with Gasteiger partial charge in [0.2, 0.25) is 0 Å². The molecule has 1 aromatic rings. The maximum Gasteiger partial charge on any atom is 0.319 e.